The first kappa shape index (κ1) is 14.2. The summed E-state index contributed by atoms with van der Waals surface area (Å²) in [6, 6.07) is 4.89. The van der Waals surface area contributed by atoms with Crippen LogP contribution in [-0.4, -0.2) is 41.0 Å². The van der Waals surface area contributed by atoms with E-state index < -0.39 is 0 Å². The Hall–Kier alpha value is -1.46. The predicted octanol–water partition coefficient (Wildman–Crippen LogP) is 3.03. The van der Waals surface area contributed by atoms with Crippen molar-refractivity contribution in [2.24, 2.45) is 5.41 Å². The molecule has 0 atom stereocenters. The Labute approximate surface area is 135 Å². The predicted molar refractivity (Wildman–Crippen MR) is 90.1 cm³/mol. The highest BCUT2D eigenvalue weighted by Crippen LogP contribution is 2.50. The van der Waals surface area contributed by atoms with E-state index in [-0.39, 0.29) is 0 Å². The molecule has 116 valence electrons. The van der Waals surface area contributed by atoms with E-state index in [0.29, 0.717) is 11.5 Å². The first-order valence-corrected chi connectivity index (χ1v) is 8.91. The molecule has 4 rings (SSSR count). The molecule has 4 nitrogen and oxygen atoms in total. The highest BCUT2D eigenvalue weighted by atomic mass is 32.1. The normalized spacial score (nSPS) is 28.0. The van der Waals surface area contributed by atoms with Gasteiger partial charge in [-0.05, 0) is 59.7 Å². The topological polar surface area (TPSA) is 32.3 Å². The molecule has 1 aliphatic carbocycles. The quantitative estimate of drug-likeness (QED) is 0.868. The largest absolute Gasteiger partial charge is 0.357 e. The molecule has 0 unspecified atom stereocenters. The lowest BCUT2D eigenvalue weighted by Gasteiger charge is -2.49. The van der Waals surface area contributed by atoms with E-state index in [2.05, 4.69) is 43.6 Å². The summed E-state index contributed by atoms with van der Waals surface area (Å²) in [4.78, 5) is 13.3. The van der Waals surface area contributed by atoms with Gasteiger partial charge in [0.25, 0.3) is 0 Å². The van der Waals surface area contributed by atoms with Crippen molar-refractivity contribution in [1.82, 2.24) is 14.9 Å². The number of hydrogen-bond acceptors (Lipinski definition) is 5. The number of nitrogens with zero attached hydrogens (tertiary/aromatic N) is 4. The summed E-state index contributed by atoms with van der Waals surface area (Å²) in [6.45, 7) is 3.63. The van der Waals surface area contributed by atoms with E-state index in [9.17, 15) is 0 Å². The van der Waals surface area contributed by atoms with Crippen molar-refractivity contribution >= 4 is 17.2 Å². The third-order valence-electron chi connectivity index (χ3n) is 5.32. The lowest BCUT2D eigenvalue weighted by molar-refractivity contribution is 0.107. The van der Waals surface area contributed by atoms with Crippen LogP contribution in [0.25, 0.3) is 0 Å². The Balaban J connectivity index is 1.33. The van der Waals surface area contributed by atoms with Crippen LogP contribution < -0.4 is 4.90 Å². The van der Waals surface area contributed by atoms with Crippen molar-refractivity contribution in [2.75, 3.05) is 25.0 Å². The summed E-state index contributed by atoms with van der Waals surface area (Å²) < 4.78 is 0. The lowest BCUT2D eigenvalue weighted by Crippen LogP contribution is -2.51. The number of likely N-dealkylation sites (tertiary alicyclic amines) is 1. The second-order valence-electron chi connectivity index (χ2n) is 6.83. The smallest absolute Gasteiger partial charge is 0.131 e. The van der Waals surface area contributed by atoms with Gasteiger partial charge in [0, 0.05) is 32.4 Å². The molecule has 0 amide bonds. The Morgan fingerprint density at radius 2 is 2.32 bits per heavy atom. The van der Waals surface area contributed by atoms with Gasteiger partial charge in [0.2, 0.25) is 0 Å². The number of thiophene rings is 1. The number of aromatic nitrogens is 2. The molecule has 0 aromatic carbocycles. The lowest BCUT2D eigenvalue weighted by atomic mass is 9.64. The standard InChI is InChI=1S/C17H22N4S/c1-20(16-2-5-18-13-19-16)15-8-17(9-15)4-6-21(12-17)10-14-3-7-22-11-14/h2-3,5,7,11,13,15H,4,6,8-10,12H2,1H3. The van der Waals surface area contributed by atoms with Crippen molar-refractivity contribution < 1.29 is 0 Å². The average Bonchev–Trinajstić information content (AvgIpc) is 3.16. The van der Waals surface area contributed by atoms with Gasteiger partial charge in [0.15, 0.2) is 0 Å². The summed E-state index contributed by atoms with van der Waals surface area (Å²) in [6.07, 6.45) is 7.41. The Morgan fingerprint density at radius 3 is 3.05 bits per heavy atom. The first-order valence-electron chi connectivity index (χ1n) is 7.96. The summed E-state index contributed by atoms with van der Waals surface area (Å²) in [5.74, 6) is 1.04. The third kappa shape index (κ3) is 2.63. The van der Waals surface area contributed by atoms with Gasteiger partial charge in [-0.3, -0.25) is 4.90 Å². The molecular formula is C17H22N4S. The molecule has 2 aromatic rings. The third-order valence-corrected chi connectivity index (χ3v) is 6.05. The van der Waals surface area contributed by atoms with Crippen LogP contribution in [0, 0.1) is 5.41 Å². The van der Waals surface area contributed by atoms with E-state index in [1.54, 1.807) is 17.7 Å². The molecule has 0 bridgehead atoms. The molecule has 1 aliphatic heterocycles. The zero-order valence-corrected chi connectivity index (χ0v) is 13.8. The first-order chi connectivity index (χ1) is 10.7. The molecule has 5 heteroatoms. The number of rotatable bonds is 4. The summed E-state index contributed by atoms with van der Waals surface area (Å²) >= 11 is 1.80. The van der Waals surface area contributed by atoms with E-state index >= 15 is 0 Å². The monoisotopic (exact) mass is 314 g/mol. The minimum absolute atomic E-state index is 0.558. The van der Waals surface area contributed by atoms with E-state index in [1.807, 2.05) is 12.3 Å². The van der Waals surface area contributed by atoms with E-state index in [1.165, 1.54) is 37.9 Å². The van der Waals surface area contributed by atoms with Gasteiger partial charge in [0.05, 0.1) is 0 Å². The van der Waals surface area contributed by atoms with Crippen LogP contribution >= 0.6 is 11.3 Å². The average molecular weight is 314 g/mol. The van der Waals surface area contributed by atoms with Gasteiger partial charge in [-0.25, -0.2) is 9.97 Å². The SMILES string of the molecule is CN(c1ccncn1)C1CC2(CCN(Cc3ccsc3)C2)C1. The van der Waals surface area contributed by atoms with Gasteiger partial charge in [-0.15, -0.1) is 0 Å². The van der Waals surface area contributed by atoms with Crippen molar-refractivity contribution in [3.8, 4) is 0 Å². The molecule has 22 heavy (non-hydrogen) atoms. The van der Waals surface area contributed by atoms with Gasteiger partial charge in [-0.1, -0.05) is 0 Å². The second-order valence-corrected chi connectivity index (χ2v) is 7.61. The van der Waals surface area contributed by atoms with Crippen LogP contribution in [0.1, 0.15) is 24.8 Å². The molecule has 2 aliphatic rings. The molecule has 0 N–H and O–H groups in total. The van der Waals surface area contributed by atoms with Crippen molar-refractivity contribution in [3.63, 3.8) is 0 Å². The molecule has 1 saturated heterocycles. The Kier molecular flexibility index (Phi) is 3.62. The maximum Gasteiger partial charge on any atom is 0.131 e. The molecule has 2 fully saturated rings. The van der Waals surface area contributed by atoms with Gasteiger partial charge in [-0.2, -0.15) is 11.3 Å². The number of hydrogen-bond donors (Lipinski definition) is 0. The zero-order valence-electron chi connectivity index (χ0n) is 13.0. The fourth-order valence-corrected chi connectivity index (χ4v) is 4.69. The van der Waals surface area contributed by atoms with Crippen molar-refractivity contribution in [1.29, 1.82) is 0 Å². The number of anilines is 1. The van der Waals surface area contributed by atoms with Crippen LogP contribution in [0.3, 0.4) is 0 Å². The Bertz CT molecular complexity index is 607. The fourth-order valence-electron chi connectivity index (χ4n) is 4.03. The molecule has 0 radical (unpaired) electrons. The molecule has 3 heterocycles. The van der Waals surface area contributed by atoms with Gasteiger partial charge in [0.1, 0.15) is 12.1 Å². The van der Waals surface area contributed by atoms with Crippen molar-refractivity contribution in [2.45, 2.75) is 31.8 Å². The van der Waals surface area contributed by atoms with E-state index in [4.69, 9.17) is 0 Å². The molecule has 1 saturated carbocycles. The van der Waals surface area contributed by atoms with Crippen LogP contribution in [-0.2, 0) is 6.54 Å². The summed E-state index contributed by atoms with van der Waals surface area (Å²) in [5, 5.41) is 4.45. The molecule has 2 aromatic heterocycles. The van der Waals surface area contributed by atoms with Crippen LogP contribution in [0.5, 0.6) is 0 Å². The molecule has 1 spiro atoms. The Morgan fingerprint density at radius 1 is 1.41 bits per heavy atom. The van der Waals surface area contributed by atoms with Gasteiger partial charge >= 0.3 is 0 Å². The van der Waals surface area contributed by atoms with E-state index in [0.717, 1.165) is 12.4 Å². The highest BCUT2D eigenvalue weighted by molar-refractivity contribution is 7.07. The summed E-state index contributed by atoms with van der Waals surface area (Å²) in [5.41, 5.74) is 2.03. The minimum atomic E-state index is 0.558. The zero-order chi connectivity index (χ0) is 15.0. The maximum atomic E-state index is 4.37. The van der Waals surface area contributed by atoms with Crippen molar-refractivity contribution in [3.05, 3.63) is 41.0 Å². The fraction of sp³-hybridized carbons (Fsp3) is 0.529. The summed E-state index contributed by atoms with van der Waals surface area (Å²) in [7, 11) is 2.16. The minimum Gasteiger partial charge on any atom is -0.357 e. The second kappa shape index (κ2) is 5.63. The van der Waals surface area contributed by atoms with Crippen LogP contribution in [0.2, 0.25) is 0 Å². The highest BCUT2D eigenvalue weighted by Gasteiger charge is 2.49. The van der Waals surface area contributed by atoms with Crippen LogP contribution in [0.15, 0.2) is 35.4 Å². The maximum absolute atomic E-state index is 4.37. The van der Waals surface area contributed by atoms with Crippen LogP contribution in [0.4, 0.5) is 5.82 Å². The molecular weight excluding hydrogens is 292 g/mol. The van der Waals surface area contributed by atoms with Gasteiger partial charge < -0.3 is 4.90 Å².